The van der Waals surface area contributed by atoms with Crippen LogP contribution < -0.4 is 16.0 Å². The molecule has 2 saturated heterocycles. The lowest BCUT2D eigenvalue weighted by atomic mass is 10.0. The molecule has 2 heterocycles. The van der Waals surface area contributed by atoms with Crippen molar-refractivity contribution in [2.24, 2.45) is 0 Å². The standard InChI is InChI=1S/C25H42N4O9S/c1-19-20(28-25(39)27-19)5-3-2-4-6-21(30)26-10-12-35-14-16-37-18-17-36-15-13-34-11-9-24(33)38-29-22(31)7-8-23(29)32/h19-20H,2-18H2,1H3,(H,26,30)(H2,27,28,39)/t19-,20+/m0/s1. The van der Waals surface area contributed by atoms with Crippen LogP contribution in [0.1, 0.15) is 58.3 Å². The van der Waals surface area contributed by atoms with E-state index in [4.69, 9.17) is 36.0 Å². The second-order valence-electron chi connectivity index (χ2n) is 9.21. The molecule has 0 aromatic carbocycles. The van der Waals surface area contributed by atoms with Crippen LogP contribution in [0.15, 0.2) is 0 Å². The summed E-state index contributed by atoms with van der Waals surface area (Å²) in [4.78, 5) is 51.0. The van der Waals surface area contributed by atoms with E-state index in [-0.39, 0.29) is 38.4 Å². The highest BCUT2D eigenvalue weighted by Crippen LogP contribution is 2.13. The minimum atomic E-state index is -0.699. The van der Waals surface area contributed by atoms with Crippen molar-refractivity contribution in [2.45, 2.75) is 70.4 Å². The summed E-state index contributed by atoms with van der Waals surface area (Å²) < 4.78 is 21.5. The van der Waals surface area contributed by atoms with Gasteiger partial charge < -0.3 is 39.7 Å². The van der Waals surface area contributed by atoms with Crippen LogP contribution >= 0.6 is 12.2 Å². The van der Waals surface area contributed by atoms with Crippen LogP contribution in [0.5, 0.6) is 0 Å². The van der Waals surface area contributed by atoms with E-state index in [1.54, 1.807) is 0 Å². The zero-order valence-corrected chi connectivity index (χ0v) is 23.5. The first-order valence-electron chi connectivity index (χ1n) is 13.6. The van der Waals surface area contributed by atoms with Crippen molar-refractivity contribution in [3.8, 4) is 0 Å². The van der Waals surface area contributed by atoms with E-state index in [0.29, 0.717) is 69.8 Å². The summed E-state index contributed by atoms with van der Waals surface area (Å²) >= 11 is 5.12. The van der Waals surface area contributed by atoms with Gasteiger partial charge in [0.25, 0.3) is 11.8 Å². The fourth-order valence-electron chi connectivity index (χ4n) is 3.86. The summed E-state index contributed by atoms with van der Waals surface area (Å²) in [6.07, 6.45) is 4.56. The Balaban J connectivity index is 1.26. The normalized spacial score (nSPS) is 18.8. The summed E-state index contributed by atoms with van der Waals surface area (Å²) in [6, 6.07) is 0.732. The average Bonchev–Trinajstić information content (AvgIpc) is 3.40. The molecular weight excluding hydrogens is 532 g/mol. The lowest BCUT2D eigenvalue weighted by Crippen LogP contribution is -2.32. The van der Waals surface area contributed by atoms with Gasteiger partial charge in [0.1, 0.15) is 0 Å². The molecule has 2 aliphatic heterocycles. The molecule has 13 nitrogen and oxygen atoms in total. The first-order chi connectivity index (χ1) is 18.9. The van der Waals surface area contributed by atoms with E-state index in [0.717, 1.165) is 30.8 Å². The van der Waals surface area contributed by atoms with Crippen molar-refractivity contribution in [1.29, 1.82) is 0 Å². The van der Waals surface area contributed by atoms with Crippen LogP contribution in [0, 0.1) is 0 Å². The van der Waals surface area contributed by atoms with Gasteiger partial charge in [-0.25, -0.2) is 4.79 Å². The zero-order valence-electron chi connectivity index (χ0n) is 22.7. The zero-order chi connectivity index (χ0) is 28.3. The van der Waals surface area contributed by atoms with Crippen molar-refractivity contribution in [3.05, 3.63) is 0 Å². The number of imide groups is 1. The fourth-order valence-corrected chi connectivity index (χ4v) is 4.20. The van der Waals surface area contributed by atoms with E-state index in [2.05, 4.69) is 22.9 Å². The molecule has 0 aliphatic carbocycles. The summed E-state index contributed by atoms with van der Waals surface area (Å²) in [6.45, 7) is 5.38. The van der Waals surface area contributed by atoms with Crippen molar-refractivity contribution >= 4 is 41.0 Å². The van der Waals surface area contributed by atoms with E-state index in [9.17, 15) is 19.2 Å². The molecule has 0 aromatic heterocycles. The Morgan fingerprint density at radius 3 is 2.03 bits per heavy atom. The number of ether oxygens (including phenoxy) is 4. The molecule has 3 amide bonds. The van der Waals surface area contributed by atoms with Gasteiger partial charge in [0.15, 0.2) is 5.11 Å². The quantitative estimate of drug-likeness (QED) is 0.0929. The van der Waals surface area contributed by atoms with Gasteiger partial charge in [-0.15, -0.1) is 5.06 Å². The molecule has 222 valence electrons. The van der Waals surface area contributed by atoms with Crippen molar-refractivity contribution in [1.82, 2.24) is 21.0 Å². The van der Waals surface area contributed by atoms with E-state index < -0.39 is 17.8 Å². The number of hydrogen-bond acceptors (Lipinski definition) is 10. The lowest BCUT2D eigenvalue weighted by Gasteiger charge is -2.14. The summed E-state index contributed by atoms with van der Waals surface area (Å²) in [7, 11) is 0. The van der Waals surface area contributed by atoms with E-state index in [1.165, 1.54) is 0 Å². The molecule has 0 spiro atoms. The predicted molar refractivity (Wildman–Crippen MR) is 143 cm³/mol. The average molecular weight is 575 g/mol. The first-order valence-corrected chi connectivity index (χ1v) is 14.0. The number of hydrogen-bond donors (Lipinski definition) is 3. The van der Waals surface area contributed by atoms with Gasteiger partial charge in [-0.3, -0.25) is 14.4 Å². The molecule has 0 aromatic rings. The van der Waals surface area contributed by atoms with Crippen molar-refractivity contribution in [2.75, 3.05) is 59.4 Å². The minimum absolute atomic E-state index is 0.0428. The van der Waals surface area contributed by atoms with Crippen molar-refractivity contribution in [3.63, 3.8) is 0 Å². The number of hydroxylamine groups is 2. The number of nitrogens with zero attached hydrogens (tertiary/aromatic N) is 1. The Bertz CT molecular complexity index is 786. The van der Waals surface area contributed by atoms with Gasteiger partial charge >= 0.3 is 5.97 Å². The van der Waals surface area contributed by atoms with Crippen molar-refractivity contribution < 1.29 is 43.0 Å². The second-order valence-corrected chi connectivity index (χ2v) is 9.62. The minimum Gasteiger partial charge on any atom is -0.378 e. The SMILES string of the molecule is C[C@@H]1NC(=S)N[C@@H]1CCCCCC(=O)NCCOCCOCCOCCOCCC(=O)ON1C(=O)CCC1=O. The van der Waals surface area contributed by atoms with Crippen LogP contribution in [0.25, 0.3) is 0 Å². The number of rotatable bonds is 22. The van der Waals surface area contributed by atoms with Crippen LogP contribution in [-0.4, -0.2) is 105 Å². The van der Waals surface area contributed by atoms with Crippen LogP contribution in [0.3, 0.4) is 0 Å². The molecule has 14 heteroatoms. The molecule has 2 rings (SSSR count). The number of carbonyl (C=O) groups is 4. The molecule has 2 aliphatic rings. The highest BCUT2D eigenvalue weighted by molar-refractivity contribution is 7.80. The van der Waals surface area contributed by atoms with Crippen LogP contribution in [0.4, 0.5) is 0 Å². The third-order valence-electron chi connectivity index (χ3n) is 6.03. The van der Waals surface area contributed by atoms with Gasteiger partial charge in [0.2, 0.25) is 5.91 Å². The maximum absolute atomic E-state index is 11.9. The summed E-state index contributed by atoms with van der Waals surface area (Å²) in [5, 5.41) is 10.6. The highest BCUT2D eigenvalue weighted by Gasteiger charge is 2.32. The van der Waals surface area contributed by atoms with Gasteiger partial charge in [-0.2, -0.15) is 0 Å². The highest BCUT2D eigenvalue weighted by atomic mass is 32.1. The van der Waals surface area contributed by atoms with Gasteiger partial charge in [0, 0.05) is 37.9 Å². The van der Waals surface area contributed by atoms with Gasteiger partial charge in [-0.1, -0.05) is 12.8 Å². The van der Waals surface area contributed by atoms with Gasteiger partial charge in [-0.05, 0) is 32.0 Å². The first kappa shape index (κ1) is 32.8. The second kappa shape index (κ2) is 19.6. The number of amides is 3. The molecule has 0 bridgehead atoms. The number of unbranched alkanes of at least 4 members (excludes halogenated alkanes) is 2. The number of nitrogens with one attached hydrogen (secondary N) is 3. The van der Waals surface area contributed by atoms with E-state index in [1.807, 2.05) is 0 Å². The molecule has 39 heavy (non-hydrogen) atoms. The topological polar surface area (TPSA) is 154 Å². The smallest absolute Gasteiger partial charge is 0.335 e. The molecule has 0 unspecified atom stereocenters. The molecule has 2 atom stereocenters. The Morgan fingerprint density at radius 1 is 0.846 bits per heavy atom. The van der Waals surface area contributed by atoms with Crippen LogP contribution in [0.2, 0.25) is 0 Å². The monoisotopic (exact) mass is 574 g/mol. The Kier molecular flexibility index (Phi) is 16.5. The number of carbonyl (C=O) groups excluding carboxylic acids is 4. The number of thiocarbonyl (C=S) groups is 1. The molecule has 0 saturated carbocycles. The summed E-state index contributed by atoms with van der Waals surface area (Å²) in [5.74, 6) is -1.68. The Labute approximate surface area is 234 Å². The molecule has 2 fully saturated rings. The summed E-state index contributed by atoms with van der Waals surface area (Å²) in [5.41, 5.74) is 0. The largest absolute Gasteiger partial charge is 0.378 e. The third-order valence-corrected chi connectivity index (χ3v) is 6.27. The Morgan fingerprint density at radius 2 is 1.44 bits per heavy atom. The van der Waals surface area contributed by atoms with Gasteiger partial charge in [0.05, 0.1) is 59.3 Å². The maximum Gasteiger partial charge on any atom is 0.335 e. The fraction of sp³-hybridized carbons (Fsp3) is 0.800. The molecule has 0 radical (unpaired) electrons. The van der Waals surface area contributed by atoms with Crippen LogP contribution in [-0.2, 0) is 43.0 Å². The maximum atomic E-state index is 11.9. The lowest BCUT2D eigenvalue weighted by molar-refractivity contribution is -0.198. The Hall–Kier alpha value is -2.39. The molecular formula is C25H42N4O9S. The third kappa shape index (κ3) is 14.5. The predicted octanol–water partition coefficient (Wildman–Crippen LogP) is 0.352. The van der Waals surface area contributed by atoms with E-state index >= 15 is 0 Å². The molecule has 3 N–H and O–H groups in total.